The summed E-state index contributed by atoms with van der Waals surface area (Å²) in [6, 6.07) is 18.2. The average Bonchev–Trinajstić information content (AvgIpc) is 3.19. The van der Waals surface area contributed by atoms with E-state index in [0.717, 1.165) is 43.6 Å². The molecule has 0 spiro atoms. The van der Waals surface area contributed by atoms with Crippen LogP contribution in [0.3, 0.4) is 0 Å². The van der Waals surface area contributed by atoms with E-state index in [1.807, 2.05) is 24.3 Å². The van der Waals surface area contributed by atoms with Gasteiger partial charge in [0.25, 0.3) is 0 Å². The van der Waals surface area contributed by atoms with Gasteiger partial charge in [-0.25, -0.2) is 0 Å². The van der Waals surface area contributed by atoms with Gasteiger partial charge in [0, 0.05) is 36.8 Å². The molecule has 1 aromatic heterocycles. The van der Waals surface area contributed by atoms with Gasteiger partial charge in [-0.1, -0.05) is 47.1 Å². The van der Waals surface area contributed by atoms with Gasteiger partial charge in [0.15, 0.2) is 0 Å². The lowest BCUT2D eigenvalue weighted by Gasteiger charge is -2.28. The molecule has 1 heterocycles. The predicted molar refractivity (Wildman–Crippen MR) is 117 cm³/mol. The van der Waals surface area contributed by atoms with Crippen LogP contribution < -0.4 is 0 Å². The van der Waals surface area contributed by atoms with Crippen molar-refractivity contribution < 1.29 is 4.52 Å². The lowest BCUT2D eigenvalue weighted by molar-refractivity contribution is 0.324. The molecule has 4 rings (SSSR count). The van der Waals surface area contributed by atoms with Crippen LogP contribution in [0.2, 0.25) is 5.02 Å². The van der Waals surface area contributed by atoms with Crippen molar-refractivity contribution in [3.8, 4) is 11.4 Å². The van der Waals surface area contributed by atoms with Gasteiger partial charge in [-0.3, -0.25) is 0 Å². The molecule has 1 fully saturated rings. The maximum atomic E-state index is 5.95. The van der Waals surface area contributed by atoms with Gasteiger partial charge in [-0.15, -0.1) is 0 Å². The Labute approximate surface area is 177 Å². The number of nitrogens with zero attached hydrogens (tertiary/aromatic N) is 3. The number of hydrogen-bond donors (Lipinski definition) is 0. The first-order valence-corrected chi connectivity index (χ1v) is 10.5. The zero-order chi connectivity index (χ0) is 20.2. The zero-order valence-corrected chi connectivity index (χ0v) is 17.7. The highest BCUT2D eigenvalue weighted by Crippen LogP contribution is 2.35. The molecule has 0 N–H and O–H groups in total. The number of allylic oxidation sites excluding steroid dienone is 1. The molecule has 0 unspecified atom stereocenters. The van der Waals surface area contributed by atoms with Crippen molar-refractivity contribution in [1.29, 1.82) is 0 Å². The summed E-state index contributed by atoms with van der Waals surface area (Å²) < 4.78 is 5.52. The Morgan fingerprint density at radius 2 is 1.72 bits per heavy atom. The Balaban J connectivity index is 1.42. The summed E-state index contributed by atoms with van der Waals surface area (Å²) in [7, 11) is 4.27. The van der Waals surface area contributed by atoms with E-state index in [1.165, 1.54) is 11.3 Å². The third-order valence-corrected chi connectivity index (χ3v) is 5.82. The van der Waals surface area contributed by atoms with Gasteiger partial charge in [0.1, 0.15) is 0 Å². The predicted octanol–water partition coefficient (Wildman–Crippen LogP) is 6.10. The van der Waals surface area contributed by atoms with E-state index < -0.39 is 0 Å². The van der Waals surface area contributed by atoms with E-state index >= 15 is 0 Å². The van der Waals surface area contributed by atoms with Crippen LogP contribution in [-0.2, 0) is 6.42 Å². The largest absolute Gasteiger partial charge is 0.377 e. The van der Waals surface area contributed by atoms with Crippen molar-refractivity contribution in [2.45, 2.75) is 32.1 Å². The fraction of sp³-hybridized carbons (Fsp3) is 0.333. The van der Waals surface area contributed by atoms with Gasteiger partial charge in [0.05, 0.1) is 0 Å². The molecule has 1 aliphatic carbocycles. The molecule has 1 aliphatic rings. The van der Waals surface area contributed by atoms with Crippen molar-refractivity contribution >= 4 is 17.3 Å². The van der Waals surface area contributed by atoms with Crippen molar-refractivity contribution in [2.75, 3.05) is 14.1 Å². The molecule has 29 heavy (non-hydrogen) atoms. The fourth-order valence-electron chi connectivity index (χ4n) is 4.14. The zero-order valence-electron chi connectivity index (χ0n) is 16.9. The summed E-state index contributed by atoms with van der Waals surface area (Å²) in [5.41, 5.74) is 5.14. The molecular formula is C24H26ClN3O. The van der Waals surface area contributed by atoms with Gasteiger partial charge < -0.3 is 9.42 Å². The van der Waals surface area contributed by atoms with Crippen LogP contribution in [0.1, 0.15) is 37.1 Å². The molecule has 0 amide bonds. The first kappa shape index (κ1) is 19.7. The SMILES string of the molecule is CN(C)C(=C1CCC(Cc2nc(-c3ccc(Cl)cc3)no2)CC1)c1ccccc1. The molecule has 4 nitrogen and oxygen atoms in total. The van der Waals surface area contributed by atoms with Gasteiger partial charge in [-0.2, -0.15) is 4.98 Å². The van der Waals surface area contributed by atoms with Gasteiger partial charge in [0.2, 0.25) is 11.7 Å². The van der Waals surface area contributed by atoms with E-state index in [-0.39, 0.29) is 0 Å². The molecule has 0 atom stereocenters. The van der Waals surface area contributed by atoms with Crippen molar-refractivity contribution in [1.82, 2.24) is 15.0 Å². The van der Waals surface area contributed by atoms with Crippen LogP contribution in [-0.4, -0.2) is 29.1 Å². The Bertz CT molecular complexity index is 967. The van der Waals surface area contributed by atoms with E-state index in [2.05, 4.69) is 59.5 Å². The summed E-state index contributed by atoms with van der Waals surface area (Å²) in [6.45, 7) is 0. The Morgan fingerprint density at radius 3 is 2.38 bits per heavy atom. The Kier molecular flexibility index (Phi) is 6.00. The fourth-order valence-corrected chi connectivity index (χ4v) is 4.27. The van der Waals surface area contributed by atoms with Crippen LogP contribution in [0.4, 0.5) is 0 Å². The molecule has 0 radical (unpaired) electrons. The van der Waals surface area contributed by atoms with Crippen molar-refractivity contribution in [2.24, 2.45) is 5.92 Å². The average molecular weight is 408 g/mol. The number of halogens is 1. The molecule has 0 saturated heterocycles. The second kappa shape index (κ2) is 8.83. The molecule has 0 bridgehead atoms. The van der Waals surface area contributed by atoms with Crippen LogP contribution in [0.5, 0.6) is 0 Å². The lowest BCUT2D eigenvalue weighted by atomic mass is 9.82. The normalized spacial score (nSPS) is 16.7. The smallest absolute Gasteiger partial charge is 0.227 e. The van der Waals surface area contributed by atoms with Crippen molar-refractivity contribution in [3.05, 3.63) is 76.6 Å². The van der Waals surface area contributed by atoms with E-state index in [9.17, 15) is 0 Å². The quantitative estimate of drug-likeness (QED) is 0.512. The first-order chi connectivity index (χ1) is 14.1. The number of hydrogen-bond acceptors (Lipinski definition) is 4. The third kappa shape index (κ3) is 4.70. The third-order valence-electron chi connectivity index (χ3n) is 5.57. The monoisotopic (exact) mass is 407 g/mol. The molecule has 5 heteroatoms. The molecular weight excluding hydrogens is 382 g/mol. The minimum atomic E-state index is 0.580. The number of aromatic nitrogens is 2. The summed E-state index contributed by atoms with van der Waals surface area (Å²) in [5, 5.41) is 4.85. The molecule has 150 valence electrons. The Morgan fingerprint density at radius 1 is 1.03 bits per heavy atom. The van der Waals surface area contributed by atoms with E-state index in [1.54, 1.807) is 5.57 Å². The second-order valence-corrected chi connectivity index (χ2v) is 8.32. The highest BCUT2D eigenvalue weighted by molar-refractivity contribution is 6.30. The highest BCUT2D eigenvalue weighted by Gasteiger charge is 2.23. The first-order valence-electron chi connectivity index (χ1n) is 10.1. The molecule has 3 aromatic rings. The number of rotatable bonds is 5. The highest BCUT2D eigenvalue weighted by atomic mass is 35.5. The Hall–Kier alpha value is -2.59. The van der Waals surface area contributed by atoms with Crippen LogP contribution in [0.15, 0.2) is 64.7 Å². The van der Waals surface area contributed by atoms with Gasteiger partial charge in [-0.05, 0) is 67.0 Å². The minimum absolute atomic E-state index is 0.580. The molecule has 2 aromatic carbocycles. The summed E-state index contributed by atoms with van der Waals surface area (Å²) in [4.78, 5) is 6.84. The number of benzene rings is 2. The van der Waals surface area contributed by atoms with Crippen molar-refractivity contribution in [3.63, 3.8) is 0 Å². The summed E-state index contributed by atoms with van der Waals surface area (Å²) in [5.74, 6) is 1.94. The summed E-state index contributed by atoms with van der Waals surface area (Å²) >= 11 is 5.95. The van der Waals surface area contributed by atoms with E-state index in [0.29, 0.717) is 16.8 Å². The molecule has 1 saturated carbocycles. The minimum Gasteiger partial charge on any atom is -0.377 e. The topological polar surface area (TPSA) is 42.2 Å². The van der Waals surface area contributed by atoms with Gasteiger partial charge >= 0.3 is 0 Å². The molecule has 0 aliphatic heterocycles. The van der Waals surface area contributed by atoms with Crippen LogP contribution in [0, 0.1) is 5.92 Å². The van der Waals surface area contributed by atoms with Crippen LogP contribution >= 0.6 is 11.6 Å². The lowest BCUT2D eigenvalue weighted by Crippen LogP contribution is -2.17. The second-order valence-electron chi connectivity index (χ2n) is 7.88. The maximum Gasteiger partial charge on any atom is 0.227 e. The standard InChI is InChI=1S/C24H26ClN3O/c1-28(2)23(18-6-4-3-5-7-18)19-10-8-17(9-11-19)16-22-26-24(27-29-22)20-12-14-21(25)15-13-20/h3-7,12-15,17H,8-11,16H2,1-2H3. The maximum absolute atomic E-state index is 5.95. The van der Waals surface area contributed by atoms with E-state index in [4.69, 9.17) is 16.1 Å². The summed E-state index contributed by atoms with van der Waals surface area (Å²) in [6.07, 6.45) is 5.38. The van der Waals surface area contributed by atoms with Crippen LogP contribution in [0.25, 0.3) is 17.1 Å².